The summed E-state index contributed by atoms with van der Waals surface area (Å²) in [4.78, 5) is 34.8. The average Bonchev–Trinajstić information content (AvgIpc) is 2.72. The minimum absolute atomic E-state index is 0.119. The largest absolute Gasteiger partial charge is 0.484 e. The van der Waals surface area contributed by atoms with Gasteiger partial charge in [-0.05, 0) is 42.0 Å². The molecule has 0 aromatic heterocycles. The highest BCUT2D eigenvalue weighted by atomic mass is 16.5. The summed E-state index contributed by atoms with van der Waals surface area (Å²) in [5, 5.41) is 9.02. The van der Waals surface area contributed by atoms with Gasteiger partial charge in [0.25, 0.3) is 5.91 Å². The highest BCUT2D eigenvalue weighted by Crippen LogP contribution is 2.11. The van der Waals surface area contributed by atoms with Crippen LogP contribution in [0.2, 0.25) is 0 Å². The second-order valence-electron chi connectivity index (χ2n) is 5.83. The van der Waals surface area contributed by atoms with E-state index in [4.69, 9.17) is 4.74 Å². The van der Waals surface area contributed by atoms with E-state index in [-0.39, 0.29) is 18.9 Å². The van der Waals surface area contributed by atoms with Crippen molar-refractivity contribution in [3.8, 4) is 5.75 Å². The van der Waals surface area contributed by atoms with Gasteiger partial charge in [0.15, 0.2) is 6.61 Å². The molecule has 29 heavy (non-hydrogen) atoms. The Labute approximate surface area is 168 Å². The zero-order valence-electron chi connectivity index (χ0n) is 15.8. The molecule has 3 N–H and O–H groups in total. The van der Waals surface area contributed by atoms with Crippen LogP contribution in [0.4, 0.5) is 5.69 Å². The van der Waals surface area contributed by atoms with E-state index in [1.807, 2.05) is 18.2 Å². The number of benzene rings is 2. The Morgan fingerprint density at radius 3 is 2.38 bits per heavy atom. The van der Waals surface area contributed by atoms with Crippen molar-refractivity contribution in [3.63, 3.8) is 0 Å². The molecule has 2 aromatic rings. The molecule has 0 spiro atoms. The molecule has 8 nitrogen and oxygen atoms in total. The molecule has 0 atom stereocenters. The van der Waals surface area contributed by atoms with Gasteiger partial charge in [0, 0.05) is 12.2 Å². The first-order valence-electron chi connectivity index (χ1n) is 8.84. The highest BCUT2D eigenvalue weighted by Gasteiger charge is 2.07. The van der Waals surface area contributed by atoms with Gasteiger partial charge in [0.05, 0.1) is 6.21 Å². The van der Waals surface area contributed by atoms with Crippen LogP contribution in [-0.2, 0) is 14.4 Å². The molecule has 2 rings (SSSR count). The lowest BCUT2D eigenvalue weighted by atomic mass is 10.2. The van der Waals surface area contributed by atoms with Crippen LogP contribution in [0, 0.1) is 0 Å². The van der Waals surface area contributed by atoms with Gasteiger partial charge in [0.1, 0.15) is 12.2 Å². The Kier molecular flexibility index (Phi) is 8.62. The van der Waals surface area contributed by atoms with Crippen molar-refractivity contribution in [3.05, 3.63) is 72.8 Å². The summed E-state index contributed by atoms with van der Waals surface area (Å²) in [7, 11) is 0. The molecule has 150 valence electrons. The average molecular weight is 394 g/mol. The molecule has 2 aromatic carbocycles. The van der Waals surface area contributed by atoms with Crippen molar-refractivity contribution in [2.45, 2.75) is 6.42 Å². The number of ether oxygens (including phenoxy) is 1. The molecule has 0 radical (unpaired) electrons. The van der Waals surface area contributed by atoms with Crippen molar-refractivity contribution in [1.29, 1.82) is 0 Å². The number of hydrogen-bond acceptors (Lipinski definition) is 5. The zero-order valence-corrected chi connectivity index (χ0v) is 15.8. The number of anilines is 1. The number of rotatable bonds is 10. The topological polar surface area (TPSA) is 109 Å². The lowest BCUT2D eigenvalue weighted by molar-refractivity contribution is -0.129. The molecular weight excluding hydrogens is 372 g/mol. The quantitative estimate of drug-likeness (QED) is 0.247. The maximum absolute atomic E-state index is 11.9. The van der Waals surface area contributed by atoms with E-state index >= 15 is 0 Å². The number of hydrogen-bond donors (Lipinski definition) is 3. The first-order chi connectivity index (χ1) is 14.1. The van der Waals surface area contributed by atoms with Crippen LogP contribution in [-0.4, -0.2) is 37.1 Å². The summed E-state index contributed by atoms with van der Waals surface area (Å²) in [6, 6.07) is 15.9. The molecule has 8 heteroatoms. The fourth-order valence-electron chi connectivity index (χ4n) is 2.13. The summed E-state index contributed by atoms with van der Waals surface area (Å²) in [5.74, 6) is -0.669. The fraction of sp³-hybridized carbons (Fsp3) is 0.143. The smallest absolute Gasteiger partial charge is 0.262 e. The van der Waals surface area contributed by atoms with Gasteiger partial charge in [-0.15, -0.1) is 6.58 Å². The summed E-state index contributed by atoms with van der Waals surface area (Å²) in [6.07, 6.45) is 2.64. The van der Waals surface area contributed by atoms with Gasteiger partial charge in [-0.1, -0.05) is 24.3 Å². The van der Waals surface area contributed by atoms with Gasteiger partial charge in [-0.2, -0.15) is 5.10 Å². The number of carbonyl (C=O) groups is 3. The Morgan fingerprint density at radius 1 is 0.966 bits per heavy atom. The second-order valence-corrected chi connectivity index (χ2v) is 5.83. The third kappa shape index (κ3) is 8.53. The normalized spacial score (nSPS) is 10.2. The molecule has 0 aliphatic heterocycles. The summed E-state index contributed by atoms with van der Waals surface area (Å²) >= 11 is 0. The number of carbonyl (C=O) groups excluding carboxylic acids is 3. The van der Waals surface area contributed by atoms with E-state index in [2.05, 4.69) is 27.7 Å². The first kappa shape index (κ1) is 21.4. The van der Waals surface area contributed by atoms with Crippen molar-refractivity contribution in [2.24, 2.45) is 5.10 Å². The molecule has 0 bridgehead atoms. The van der Waals surface area contributed by atoms with E-state index in [9.17, 15) is 14.4 Å². The fourth-order valence-corrected chi connectivity index (χ4v) is 2.13. The van der Waals surface area contributed by atoms with E-state index in [0.717, 1.165) is 0 Å². The van der Waals surface area contributed by atoms with Crippen LogP contribution in [0.3, 0.4) is 0 Å². The predicted octanol–water partition coefficient (Wildman–Crippen LogP) is 1.85. The van der Waals surface area contributed by atoms with E-state index in [1.165, 1.54) is 12.3 Å². The van der Waals surface area contributed by atoms with Gasteiger partial charge in [-0.25, -0.2) is 5.43 Å². The molecule has 3 amide bonds. The number of amides is 3. The third-order valence-electron chi connectivity index (χ3n) is 3.48. The van der Waals surface area contributed by atoms with Crippen LogP contribution in [0.1, 0.15) is 12.0 Å². The lowest BCUT2D eigenvalue weighted by Crippen LogP contribution is -2.29. The van der Waals surface area contributed by atoms with Crippen molar-refractivity contribution >= 4 is 29.6 Å². The number of nitrogens with one attached hydrogen (secondary N) is 3. The molecule has 0 heterocycles. The van der Waals surface area contributed by atoms with E-state index in [1.54, 1.807) is 36.4 Å². The third-order valence-corrected chi connectivity index (χ3v) is 3.48. The predicted molar refractivity (Wildman–Crippen MR) is 111 cm³/mol. The number of hydrazone groups is 1. The van der Waals surface area contributed by atoms with E-state index < -0.39 is 11.8 Å². The van der Waals surface area contributed by atoms with Crippen LogP contribution in [0.25, 0.3) is 0 Å². The molecule has 0 unspecified atom stereocenters. The first-order valence-corrected chi connectivity index (χ1v) is 8.84. The van der Waals surface area contributed by atoms with Crippen molar-refractivity contribution < 1.29 is 19.1 Å². The van der Waals surface area contributed by atoms with Crippen LogP contribution >= 0.6 is 0 Å². The van der Waals surface area contributed by atoms with Crippen LogP contribution < -0.4 is 20.8 Å². The summed E-state index contributed by atoms with van der Waals surface area (Å²) < 4.78 is 5.44. The van der Waals surface area contributed by atoms with Crippen molar-refractivity contribution in [1.82, 2.24) is 10.7 Å². The molecule has 0 saturated heterocycles. The zero-order chi connectivity index (χ0) is 20.9. The Morgan fingerprint density at radius 2 is 1.69 bits per heavy atom. The standard InChI is InChI=1S/C21H22N4O4/c1-2-12-22-19(26)13-20(27)25-23-14-16-8-10-18(11-9-16)29-15-21(28)24-17-6-4-3-5-7-17/h2-11,14H,1,12-13,15H2,(H,22,26)(H,24,28)(H,25,27)/b23-14+. The Hall–Kier alpha value is -3.94. The van der Waals surface area contributed by atoms with Gasteiger partial charge < -0.3 is 15.4 Å². The summed E-state index contributed by atoms with van der Waals surface area (Å²) in [5.41, 5.74) is 3.69. The minimum atomic E-state index is -0.521. The maximum atomic E-state index is 11.9. The van der Waals surface area contributed by atoms with E-state index in [0.29, 0.717) is 23.5 Å². The maximum Gasteiger partial charge on any atom is 0.262 e. The van der Waals surface area contributed by atoms with Crippen molar-refractivity contribution in [2.75, 3.05) is 18.5 Å². The highest BCUT2D eigenvalue weighted by molar-refractivity contribution is 5.97. The van der Waals surface area contributed by atoms with Crippen LogP contribution in [0.5, 0.6) is 5.75 Å². The SMILES string of the molecule is C=CCNC(=O)CC(=O)N/N=C/c1ccc(OCC(=O)Nc2ccccc2)cc1. The Bertz CT molecular complexity index is 864. The minimum Gasteiger partial charge on any atom is -0.484 e. The Balaban J connectivity index is 1.73. The monoisotopic (exact) mass is 394 g/mol. The molecule has 0 fully saturated rings. The number of nitrogens with zero attached hydrogens (tertiary/aromatic N) is 1. The van der Waals surface area contributed by atoms with Gasteiger partial charge >= 0.3 is 0 Å². The summed E-state index contributed by atoms with van der Waals surface area (Å²) in [6.45, 7) is 3.66. The van der Waals surface area contributed by atoms with Gasteiger partial charge in [-0.3, -0.25) is 14.4 Å². The molecule has 0 saturated carbocycles. The van der Waals surface area contributed by atoms with Crippen LogP contribution in [0.15, 0.2) is 72.4 Å². The molecule has 0 aliphatic carbocycles. The molecule has 0 aliphatic rings. The lowest BCUT2D eigenvalue weighted by Gasteiger charge is -2.07. The number of para-hydroxylation sites is 1. The second kappa shape index (κ2) is 11.7. The molecular formula is C21H22N4O4. The van der Waals surface area contributed by atoms with Gasteiger partial charge in [0.2, 0.25) is 11.8 Å².